The lowest BCUT2D eigenvalue weighted by Crippen LogP contribution is -2.47. The molecule has 0 aliphatic heterocycles. The number of ether oxygens (including phenoxy) is 1. The maximum atomic E-state index is 13.4. The third-order valence-electron chi connectivity index (χ3n) is 5.41. The Kier molecular flexibility index (Phi) is 11.4. The molecular formula is C27H39NO5S. The maximum absolute atomic E-state index is 13.4. The summed E-state index contributed by atoms with van der Waals surface area (Å²) in [6.45, 7) is 7.17. The van der Waals surface area contributed by atoms with Gasteiger partial charge in [-0.3, -0.25) is 4.79 Å². The van der Waals surface area contributed by atoms with E-state index in [0.29, 0.717) is 24.3 Å². The maximum Gasteiger partial charge on any atom is 0.329 e. The Balaban J connectivity index is 2.22. The van der Waals surface area contributed by atoms with Crippen molar-refractivity contribution >= 4 is 34.4 Å². The van der Waals surface area contributed by atoms with Crippen LogP contribution in [0.2, 0.25) is 0 Å². The van der Waals surface area contributed by atoms with Crippen molar-refractivity contribution in [2.45, 2.75) is 71.1 Å². The van der Waals surface area contributed by atoms with Gasteiger partial charge in [-0.1, -0.05) is 62.2 Å². The summed E-state index contributed by atoms with van der Waals surface area (Å²) in [6, 6.07) is 13.4. The Morgan fingerprint density at radius 3 is 2.47 bits per heavy atom. The number of carbonyl (C=O) groups is 2. The van der Waals surface area contributed by atoms with Crippen molar-refractivity contribution in [2.24, 2.45) is 5.92 Å². The predicted molar refractivity (Wildman–Crippen MR) is 139 cm³/mol. The molecule has 188 valence electrons. The molecule has 0 aliphatic rings. The van der Waals surface area contributed by atoms with Crippen molar-refractivity contribution < 1.29 is 24.5 Å². The SMILES string of the molecule is CCCC[C@H](NC(=O)[C@@H](CSC[C@@H](O)CO)Cc1cccc2ccccc12)C(=O)OC(C)(C)C. The van der Waals surface area contributed by atoms with Crippen molar-refractivity contribution in [1.82, 2.24) is 5.32 Å². The van der Waals surface area contributed by atoms with Gasteiger partial charge in [0.05, 0.1) is 18.6 Å². The lowest BCUT2D eigenvalue weighted by atomic mass is 9.95. The fourth-order valence-corrected chi connectivity index (χ4v) is 4.75. The third-order valence-corrected chi connectivity index (χ3v) is 6.67. The number of hydrogen-bond donors (Lipinski definition) is 3. The second-order valence-corrected chi connectivity index (χ2v) is 10.7. The quantitative estimate of drug-likeness (QED) is 0.367. The fourth-order valence-electron chi connectivity index (χ4n) is 3.68. The molecule has 34 heavy (non-hydrogen) atoms. The summed E-state index contributed by atoms with van der Waals surface area (Å²) >= 11 is 1.42. The summed E-state index contributed by atoms with van der Waals surface area (Å²) in [6.07, 6.45) is 1.91. The highest BCUT2D eigenvalue weighted by Gasteiger charge is 2.29. The second kappa shape index (κ2) is 13.7. The van der Waals surface area contributed by atoms with E-state index in [2.05, 4.69) is 5.32 Å². The van der Waals surface area contributed by atoms with Gasteiger partial charge in [0.2, 0.25) is 5.91 Å². The molecule has 1 amide bonds. The van der Waals surface area contributed by atoms with Crippen LogP contribution < -0.4 is 5.32 Å². The average Bonchev–Trinajstić information content (AvgIpc) is 2.79. The highest BCUT2D eigenvalue weighted by atomic mass is 32.2. The van der Waals surface area contributed by atoms with Gasteiger partial charge in [0.25, 0.3) is 0 Å². The van der Waals surface area contributed by atoms with Crippen LogP contribution in [0, 0.1) is 5.92 Å². The van der Waals surface area contributed by atoms with Gasteiger partial charge in [-0.15, -0.1) is 0 Å². The number of amides is 1. The standard InChI is InChI=1S/C27H39NO5S/c1-5-6-14-24(26(32)33-27(2,3)4)28-25(31)21(17-34-18-22(30)16-29)15-20-12-9-11-19-10-7-8-13-23(19)20/h7-13,21-22,24,29-30H,5-6,14-18H2,1-4H3,(H,28,31)/t21-,22+,24+/m1/s1. The Hall–Kier alpha value is -2.09. The Labute approximate surface area is 207 Å². The molecule has 3 atom stereocenters. The van der Waals surface area contributed by atoms with Gasteiger partial charge in [-0.25, -0.2) is 4.79 Å². The molecule has 2 aromatic carbocycles. The molecule has 0 spiro atoms. The van der Waals surface area contributed by atoms with Gasteiger partial charge in [-0.05, 0) is 49.9 Å². The summed E-state index contributed by atoms with van der Waals surface area (Å²) in [4.78, 5) is 26.2. The summed E-state index contributed by atoms with van der Waals surface area (Å²) < 4.78 is 5.56. The first-order chi connectivity index (χ1) is 16.1. The fraction of sp³-hybridized carbons (Fsp3) is 0.556. The number of nitrogens with one attached hydrogen (secondary N) is 1. The van der Waals surface area contributed by atoms with E-state index >= 15 is 0 Å². The van der Waals surface area contributed by atoms with Crippen LogP contribution in [0.25, 0.3) is 10.8 Å². The number of hydrogen-bond acceptors (Lipinski definition) is 6. The van der Waals surface area contributed by atoms with Crippen LogP contribution in [0.15, 0.2) is 42.5 Å². The van der Waals surface area contributed by atoms with E-state index in [1.807, 2.05) is 70.2 Å². The normalized spacial score (nSPS) is 14.4. The summed E-state index contributed by atoms with van der Waals surface area (Å²) in [7, 11) is 0. The van der Waals surface area contributed by atoms with Crippen molar-refractivity contribution in [3.8, 4) is 0 Å². The van der Waals surface area contributed by atoms with E-state index < -0.39 is 29.6 Å². The largest absolute Gasteiger partial charge is 0.458 e. The molecule has 0 aromatic heterocycles. The zero-order valence-corrected chi connectivity index (χ0v) is 21.6. The first-order valence-electron chi connectivity index (χ1n) is 12.0. The van der Waals surface area contributed by atoms with Crippen LogP contribution in [0.5, 0.6) is 0 Å². The van der Waals surface area contributed by atoms with Gasteiger partial charge in [0, 0.05) is 11.5 Å². The number of unbranched alkanes of at least 4 members (excludes halogenated alkanes) is 1. The van der Waals surface area contributed by atoms with Crippen molar-refractivity contribution in [2.75, 3.05) is 18.1 Å². The van der Waals surface area contributed by atoms with E-state index in [9.17, 15) is 14.7 Å². The molecule has 0 saturated heterocycles. The number of rotatable bonds is 13. The van der Waals surface area contributed by atoms with Crippen LogP contribution >= 0.6 is 11.8 Å². The van der Waals surface area contributed by atoms with Gasteiger partial charge in [0.15, 0.2) is 0 Å². The van der Waals surface area contributed by atoms with Crippen LogP contribution in [-0.2, 0) is 20.7 Å². The molecule has 3 N–H and O–H groups in total. The number of esters is 1. The van der Waals surface area contributed by atoms with E-state index in [1.54, 1.807) is 0 Å². The Bertz CT molecular complexity index is 921. The minimum atomic E-state index is -0.828. The number of aliphatic hydroxyl groups is 2. The van der Waals surface area contributed by atoms with Gasteiger partial charge in [0.1, 0.15) is 11.6 Å². The van der Waals surface area contributed by atoms with Gasteiger partial charge < -0.3 is 20.3 Å². The molecule has 7 heteroatoms. The van der Waals surface area contributed by atoms with E-state index in [4.69, 9.17) is 9.84 Å². The van der Waals surface area contributed by atoms with Crippen LogP contribution in [0.1, 0.15) is 52.5 Å². The van der Waals surface area contributed by atoms with Crippen LogP contribution in [0.3, 0.4) is 0 Å². The Morgan fingerprint density at radius 2 is 1.79 bits per heavy atom. The lowest BCUT2D eigenvalue weighted by molar-refractivity contribution is -0.159. The predicted octanol–water partition coefficient (Wildman–Crippen LogP) is 4.10. The lowest BCUT2D eigenvalue weighted by Gasteiger charge is -2.26. The van der Waals surface area contributed by atoms with Crippen molar-refractivity contribution in [3.05, 3.63) is 48.0 Å². The first-order valence-corrected chi connectivity index (χ1v) is 13.2. The molecule has 0 fully saturated rings. The van der Waals surface area contributed by atoms with Gasteiger partial charge in [-0.2, -0.15) is 11.8 Å². The van der Waals surface area contributed by atoms with Crippen LogP contribution in [0.4, 0.5) is 0 Å². The monoisotopic (exact) mass is 489 g/mol. The number of thioether (sulfide) groups is 1. The molecule has 6 nitrogen and oxygen atoms in total. The molecular weight excluding hydrogens is 450 g/mol. The average molecular weight is 490 g/mol. The Morgan fingerprint density at radius 1 is 1.09 bits per heavy atom. The number of aliphatic hydroxyl groups excluding tert-OH is 2. The van der Waals surface area contributed by atoms with Crippen LogP contribution in [-0.4, -0.2) is 57.9 Å². The minimum Gasteiger partial charge on any atom is -0.458 e. The molecule has 0 saturated carbocycles. The molecule has 0 heterocycles. The summed E-state index contributed by atoms with van der Waals surface area (Å²) in [5.41, 5.74) is 0.425. The molecule has 2 aromatic rings. The molecule has 0 bridgehead atoms. The zero-order valence-electron chi connectivity index (χ0n) is 20.8. The molecule has 0 aliphatic carbocycles. The summed E-state index contributed by atoms with van der Waals surface area (Å²) in [5.74, 6) is -0.233. The van der Waals surface area contributed by atoms with Crippen molar-refractivity contribution in [3.63, 3.8) is 0 Å². The number of carbonyl (C=O) groups excluding carboxylic acids is 2. The van der Waals surface area contributed by atoms with E-state index in [-0.39, 0.29) is 12.5 Å². The molecule has 0 radical (unpaired) electrons. The zero-order chi connectivity index (χ0) is 25.1. The smallest absolute Gasteiger partial charge is 0.329 e. The topological polar surface area (TPSA) is 95.9 Å². The molecule has 0 unspecified atom stereocenters. The molecule has 2 rings (SSSR count). The van der Waals surface area contributed by atoms with Crippen molar-refractivity contribution in [1.29, 1.82) is 0 Å². The second-order valence-electron chi connectivity index (χ2n) is 9.65. The first kappa shape index (κ1) is 28.1. The highest BCUT2D eigenvalue weighted by molar-refractivity contribution is 7.99. The highest BCUT2D eigenvalue weighted by Crippen LogP contribution is 2.24. The summed E-state index contributed by atoms with van der Waals surface area (Å²) in [5, 5.41) is 24.0. The number of benzene rings is 2. The van der Waals surface area contributed by atoms with Gasteiger partial charge >= 0.3 is 5.97 Å². The van der Waals surface area contributed by atoms with E-state index in [1.165, 1.54) is 11.8 Å². The third kappa shape index (κ3) is 9.28. The minimum absolute atomic E-state index is 0.203. The number of fused-ring (bicyclic) bond motifs is 1. The van der Waals surface area contributed by atoms with E-state index in [0.717, 1.165) is 29.2 Å².